The van der Waals surface area contributed by atoms with Gasteiger partial charge in [0, 0.05) is 50.5 Å². The Morgan fingerprint density at radius 3 is 2.26 bits per heavy atom. The summed E-state index contributed by atoms with van der Waals surface area (Å²) in [6.45, 7) is 4.21. The van der Waals surface area contributed by atoms with Gasteiger partial charge in [-0.2, -0.15) is 0 Å². The first kappa shape index (κ1) is 19.6. The van der Waals surface area contributed by atoms with E-state index in [4.69, 9.17) is 4.74 Å². The Morgan fingerprint density at radius 1 is 1.04 bits per heavy atom. The Bertz CT molecular complexity index is 619. The van der Waals surface area contributed by atoms with E-state index >= 15 is 0 Å². The summed E-state index contributed by atoms with van der Waals surface area (Å²) in [5, 5.41) is 10.7. The molecular formula is C20H29N3O4. The van der Waals surface area contributed by atoms with E-state index in [0.29, 0.717) is 6.42 Å². The zero-order chi connectivity index (χ0) is 19.1. The van der Waals surface area contributed by atoms with Gasteiger partial charge in [-0.05, 0) is 37.8 Å². The molecule has 7 nitrogen and oxygen atoms in total. The molecule has 1 saturated heterocycles. The molecule has 1 aromatic carbocycles. The van der Waals surface area contributed by atoms with Gasteiger partial charge in [0.2, 0.25) is 0 Å². The summed E-state index contributed by atoms with van der Waals surface area (Å²) in [5.74, 6) is -0.0697. The largest absolute Gasteiger partial charge is 0.462 e. The fourth-order valence-corrected chi connectivity index (χ4v) is 3.87. The van der Waals surface area contributed by atoms with E-state index in [1.165, 1.54) is 25.7 Å². The van der Waals surface area contributed by atoms with Crippen molar-refractivity contribution in [2.45, 2.75) is 51.0 Å². The second-order valence-electron chi connectivity index (χ2n) is 7.46. The number of carbonyl (C=O) groups excluding carboxylic acids is 1. The van der Waals surface area contributed by atoms with Crippen LogP contribution in [0.25, 0.3) is 0 Å². The predicted molar refractivity (Wildman–Crippen MR) is 104 cm³/mol. The summed E-state index contributed by atoms with van der Waals surface area (Å²) < 4.78 is 5.65. The van der Waals surface area contributed by atoms with E-state index in [-0.39, 0.29) is 22.7 Å². The Balaban J connectivity index is 1.37. The second kappa shape index (κ2) is 9.69. The number of rotatable bonds is 6. The highest BCUT2D eigenvalue weighted by molar-refractivity contribution is 5.69. The van der Waals surface area contributed by atoms with Crippen LogP contribution in [0.15, 0.2) is 24.3 Å². The lowest BCUT2D eigenvalue weighted by Gasteiger charge is -2.36. The van der Waals surface area contributed by atoms with Crippen LogP contribution in [0, 0.1) is 10.1 Å². The molecule has 7 heteroatoms. The van der Waals surface area contributed by atoms with Crippen molar-refractivity contribution in [1.29, 1.82) is 0 Å². The highest BCUT2D eigenvalue weighted by Gasteiger charge is 2.20. The molecule has 2 aliphatic rings. The van der Waals surface area contributed by atoms with E-state index in [1.807, 2.05) is 0 Å². The minimum Gasteiger partial charge on any atom is -0.462 e. The van der Waals surface area contributed by atoms with Crippen LogP contribution >= 0.6 is 0 Å². The van der Waals surface area contributed by atoms with Crippen molar-refractivity contribution in [3.05, 3.63) is 34.4 Å². The first-order valence-electron chi connectivity index (χ1n) is 10.0. The number of non-ortho nitro benzene ring substituents is 1. The van der Waals surface area contributed by atoms with Gasteiger partial charge >= 0.3 is 5.97 Å². The fourth-order valence-electron chi connectivity index (χ4n) is 3.87. The van der Waals surface area contributed by atoms with Gasteiger partial charge in [0.15, 0.2) is 0 Å². The summed E-state index contributed by atoms with van der Waals surface area (Å²) in [5.41, 5.74) is 1.12. The van der Waals surface area contributed by atoms with Crippen molar-refractivity contribution in [2.24, 2.45) is 0 Å². The molecule has 148 valence electrons. The molecule has 1 aromatic rings. The second-order valence-corrected chi connectivity index (χ2v) is 7.46. The highest BCUT2D eigenvalue weighted by atomic mass is 16.6. The van der Waals surface area contributed by atoms with E-state index in [1.54, 1.807) is 24.3 Å². The van der Waals surface area contributed by atoms with Crippen molar-refractivity contribution in [3.63, 3.8) is 0 Å². The van der Waals surface area contributed by atoms with E-state index < -0.39 is 0 Å². The molecule has 0 unspecified atom stereocenters. The molecule has 0 radical (unpaired) electrons. The highest BCUT2D eigenvalue weighted by Crippen LogP contribution is 2.22. The first-order valence-corrected chi connectivity index (χ1v) is 10.0. The third-order valence-corrected chi connectivity index (χ3v) is 5.53. The number of nitro groups is 1. The average Bonchev–Trinajstić information content (AvgIpc) is 2.95. The zero-order valence-corrected chi connectivity index (χ0v) is 15.8. The van der Waals surface area contributed by atoms with E-state index in [2.05, 4.69) is 9.80 Å². The zero-order valence-electron chi connectivity index (χ0n) is 15.8. The Hall–Kier alpha value is -2.15. The normalized spacial score (nSPS) is 19.5. The molecule has 3 rings (SSSR count). The number of benzene rings is 1. The number of esters is 1. The van der Waals surface area contributed by atoms with Crippen molar-refractivity contribution >= 4 is 17.3 Å². The summed E-state index contributed by atoms with van der Waals surface area (Å²) in [6.07, 6.45) is 7.46. The molecule has 0 atom stereocenters. The Morgan fingerprint density at radius 2 is 1.67 bits per heavy atom. The lowest BCUT2D eigenvalue weighted by molar-refractivity contribution is -0.384. The Labute approximate surface area is 160 Å². The average molecular weight is 375 g/mol. The van der Waals surface area contributed by atoms with Gasteiger partial charge in [0.05, 0.1) is 11.3 Å². The maximum atomic E-state index is 12.1. The van der Waals surface area contributed by atoms with Gasteiger partial charge in [0.25, 0.3) is 5.69 Å². The van der Waals surface area contributed by atoms with Gasteiger partial charge in [-0.15, -0.1) is 0 Å². The smallest absolute Gasteiger partial charge is 0.307 e. The van der Waals surface area contributed by atoms with Crippen LogP contribution in [0.3, 0.4) is 0 Å². The summed E-state index contributed by atoms with van der Waals surface area (Å²) in [4.78, 5) is 27.0. The summed E-state index contributed by atoms with van der Waals surface area (Å²) in [7, 11) is 0. The van der Waals surface area contributed by atoms with Crippen molar-refractivity contribution < 1.29 is 14.5 Å². The molecule has 0 bridgehead atoms. The number of hydrogen-bond acceptors (Lipinski definition) is 6. The molecule has 0 aromatic heterocycles. The maximum absolute atomic E-state index is 12.1. The maximum Gasteiger partial charge on any atom is 0.307 e. The number of ether oxygens (including phenoxy) is 1. The number of anilines is 1. The molecule has 27 heavy (non-hydrogen) atoms. The van der Waals surface area contributed by atoms with E-state index in [0.717, 1.165) is 51.3 Å². The standard InChI is InChI=1S/C20H29N3O4/c24-20(27-19-5-3-1-2-4-6-19)11-12-21-13-15-22(16-14-21)17-7-9-18(10-8-17)23(25)26/h7-10,19H,1-6,11-16H2. The monoisotopic (exact) mass is 375 g/mol. The number of nitrogens with zero attached hydrogens (tertiary/aromatic N) is 3. The van der Waals surface area contributed by atoms with Gasteiger partial charge in [-0.25, -0.2) is 0 Å². The number of hydrogen-bond donors (Lipinski definition) is 0. The third-order valence-electron chi connectivity index (χ3n) is 5.53. The van der Waals surface area contributed by atoms with Crippen LogP contribution in [0.5, 0.6) is 0 Å². The van der Waals surface area contributed by atoms with Crippen molar-refractivity contribution in [3.8, 4) is 0 Å². The lowest BCUT2D eigenvalue weighted by atomic mass is 10.1. The van der Waals surface area contributed by atoms with Gasteiger partial charge < -0.3 is 9.64 Å². The predicted octanol–water partition coefficient (Wildman–Crippen LogP) is 3.37. The fraction of sp³-hybridized carbons (Fsp3) is 0.650. The topological polar surface area (TPSA) is 75.9 Å². The number of piperazine rings is 1. The molecule has 0 N–H and O–H groups in total. The van der Waals surface area contributed by atoms with Crippen molar-refractivity contribution in [2.75, 3.05) is 37.6 Å². The van der Waals surface area contributed by atoms with Gasteiger partial charge in [-0.3, -0.25) is 19.8 Å². The summed E-state index contributed by atoms with van der Waals surface area (Å²) in [6, 6.07) is 6.70. The van der Waals surface area contributed by atoms with Gasteiger partial charge in [0.1, 0.15) is 6.10 Å². The summed E-state index contributed by atoms with van der Waals surface area (Å²) >= 11 is 0. The Kier molecular flexibility index (Phi) is 7.04. The van der Waals surface area contributed by atoms with Crippen LogP contribution in [-0.2, 0) is 9.53 Å². The van der Waals surface area contributed by atoms with Crippen LogP contribution < -0.4 is 4.90 Å². The van der Waals surface area contributed by atoms with E-state index in [9.17, 15) is 14.9 Å². The molecule has 1 aliphatic carbocycles. The molecule has 1 heterocycles. The molecule has 1 saturated carbocycles. The molecule has 2 fully saturated rings. The minimum atomic E-state index is -0.379. The lowest BCUT2D eigenvalue weighted by Crippen LogP contribution is -2.47. The molecule has 0 amide bonds. The molecule has 1 aliphatic heterocycles. The van der Waals surface area contributed by atoms with Crippen LogP contribution in [-0.4, -0.2) is 54.6 Å². The van der Waals surface area contributed by atoms with Crippen LogP contribution in [0.1, 0.15) is 44.9 Å². The van der Waals surface area contributed by atoms with Crippen molar-refractivity contribution in [1.82, 2.24) is 4.90 Å². The quantitative estimate of drug-likeness (QED) is 0.328. The minimum absolute atomic E-state index is 0.0697. The van der Waals surface area contributed by atoms with Crippen LogP contribution in [0.4, 0.5) is 11.4 Å². The van der Waals surface area contributed by atoms with Gasteiger partial charge in [-0.1, -0.05) is 12.8 Å². The number of carbonyl (C=O) groups is 1. The SMILES string of the molecule is O=C(CCN1CCN(c2ccc([N+](=O)[O-])cc2)CC1)OC1CCCCCC1. The third kappa shape index (κ3) is 5.92. The molecular weight excluding hydrogens is 346 g/mol. The number of nitro benzene ring substituents is 1. The van der Waals surface area contributed by atoms with Crippen LogP contribution in [0.2, 0.25) is 0 Å². The first-order chi connectivity index (χ1) is 13.1. The molecule has 0 spiro atoms.